The van der Waals surface area contributed by atoms with Gasteiger partial charge in [0.1, 0.15) is 6.17 Å². The maximum atomic E-state index is 16.3. The fourth-order valence-electron chi connectivity index (χ4n) is 8.49. The monoisotopic (exact) mass is 602 g/mol. The number of aromatic nitrogens is 1. The number of alkyl halides is 2. The van der Waals surface area contributed by atoms with Crippen LogP contribution in [-0.2, 0) is 20.9 Å². The zero-order valence-electron chi connectivity index (χ0n) is 24.3. The van der Waals surface area contributed by atoms with E-state index in [2.05, 4.69) is 36.0 Å². The van der Waals surface area contributed by atoms with Crippen LogP contribution in [0.4, 0.5) is 4.39 Å². The van der Waals surface area contributed by atoms with Crippen molar-refractivity contribution < 1.29 is 18.7 Å². The molecule has 0 bridgehead atoms. The lowest BCUT2D eigenvalue weighted by atomic mass is 9.69. The van der Waals surface area contributed by atoms with Crippen molar-refractivity contribution in [1.82, 2.24) is 29.9 Å². The molecule has 8 unspecified atom stereocenters. The van der Waals surface area contributed by atoms with Crippen LogP contribution in [-0.4, -0.2) is 131 Å². The second-order valence-electron chi connectivity index (χ2n) is 13.1. The Labute approximate surface area is 252 Å². The van der Waals surface area contributed by atoms with Crippen LogP contribution in [0.1, 0.15) is 44.2 Å². The Hall–Kier alpha value is -1.98. The highest BCUT2D eigenvalue weighted by Crippen LogP contribution is 2.47. The molecular formula is C31H44ClFN6O3. The Balaban J connectivity index is 1.10. The highest BCUT2D eigenvalue weighted by molar-refractivity contribution is 6.21. The van der Waals surface area contributed by atoms with Crippen LogP contribution in [0.15, 0.2) is 30.1 Å². The molecule has 0 aromatic carbocycles. The first-order valence-corrected chi connectivity index (χ1v) is 16.5. The molecule has 1 aromatic rings. The number of rotatable bonds is 7. The first kappa shape index (κ1) is 28.8. The van der Waals surface area contributed by atoms with Crippen LogP contribution in [0.3, 0.4) is 0 Å². The molecule has 1 amide bonds. The van der Waals surface area contributed by atoms with Gasteiger partial charge in [-0.3, -0.25) is 19.4 Å². The molecule has 8 atom stereocenters. The van der Waals surface area contributed by atoms with Crippen molar-refractivity contribution in [1.29, 1.82) is 0 Å². The lowest BCUT2D eigenvalue weighted by Gasteiger charge is -2.61. The number of nitrogens with one attached hydrogen (secondary N) is 2. The number of hydrogen-bond acceptors (Lipinski definition) is 7. The minimum atomic E-state index is -1.21. The zero-order valence-corrected chi connectivity index (χ0v) is 25.1. The SMILES string of the molecule is O=C(NCCN1CCCC1)C1=CN2C3CCC(Cl)CC3OC3C(N4CCN(Cc5ccc[nH]5)CC4)C(F)CC(C1=O)C32. The summed E-state index contributed by atoms with van der Waals surface area (Å²) in [6.07, 6.45) is 6.86. The van der Waals surface area contributed by atoms with Gasteiger partial charge in [0.15, 0.2) is 5.78 Å². The molecule has 0 spiro atoms. The maximum absolute atomic E-state index is 16.3. The van der Waals surface area contributed by atoms with Gasteiger partial charge >= 0.3 is 0 Å². The number of ketones is 1. The minimum absolute atomic E-state index is 0.0158. The molecule has 2 aliphatic carbocycles. The van der Waals surface area contributed by atoms with Crippen molar-refractivity contribution in [3.63, 3.8) is 0 Å². The largest absolute Gasteiger partial charge is 0.369 e. The summed E-state index contributed by atoms with van der Waals surface area (Å²) in [4.78, 5) is 39.7. The molecule has 1 aromatic heterocycles. The summed E-state index contributed by atoms with van der Waals surface area (Å²) in [5, 5.41) is 3.01. The fourth-order valence-corrected chi connectivity index (χ4v) is 8.79. The van der Waals surface area contributed by atoms with E-state index in [9.17, 15) is 9.59 Å². The van der Waals surface area contributed by atoms with Crippen molar-refractivity contribution in [3.8, 4) is 0 Å². The van der Waals surface area contributed by atoms with Gasteiger partial charge in [-0.1, -0.05) is 0 Å². The third-order valence-electron chi connectivity index (χ3n) is 10.6. The van der Waals surface area contributed by atoms with Gasteiger partial charge in [-0.2, -0.15) is 0 Å². The summed E-state index contributed by atoms with van der Waals surface area (Å²) in [7, 11) is 0. The van der Waals surface area contributed by atoms with Crippen LogP contribution in [0.5, 0.6) is 0 Å². The summed E-state index contributed by atoms with van der Waals surface area (Å²) in [5.74, 6) is -1.15. The molecule has 42 heavy (non-hydrogen) atoms. The number of likely N-dealkylation sites (tertiary alicyclic amines) is 1. The van der Waals surface area contributed by atoms with E-state index in [1.165, 1.54) is 18.5 Å². The number of amides is 1. The second-order valence-corrected chi connectivity index (χ2v) is 13.7. The highest BCUT2D eigenvalue weighted by Gasteiger charge is 2.60. The average molecular weight is 603 g/mol. The number of nitrogens with zero attached hydrogens (tertiary/aromatic N) is 4. The predicted molar refractivity (Wildman–Crippen MR) is 158 cm³/mol. The fraction of sp³-hybridized carbons (Fsp3) is 0.742. The lowest BCUT2D eigenvalue weighted by Crippen LogP contribution is -2.74. The molecule has 7 rings (SSSR count). The number of aromatic amines is 1. The Morgan fingerprint density at radius 3 is 2.64 bits per heavy atom. The van der Waals surface area contributed by atoms with Gasteiger partial charge in [0, 0.05) is 75.2 Å². The smallest absolute Gasteiger partial charge is 0.256 e. The summed E-state index contributed by atoms with van der Waals surface area (Å²) in [6.45, 7) is 7.47. The molecule has 2 N–H and O–H groups in total. The Kier molecular flexibility index (Phi) is 8.35. The van der Waals surface area contributed by atoms with Gasteiger partial charge in [-0.25, -0.2) is 4.39 Å². The number of carbonyl (C=O) groups excluding carboxylic acids is 2. The van der Waals surface area contributed by atoms with Crippen molar-refractivity contribution in [2.24, 2.45) is 5.92 Å². The molecule has 6 aliphatic rings. The maximum Gasteiger partial charge on any atom is 0.256 e. The topological polar surface area (TPSA) is 84.2 Å². The van der Waals surface area contributed by atoms with Crippen LogP contribution in [0.2, 0.25) is 0 Å². The average Bonchev–Trinajstić information content (AvgIpc) is 3.70. The summed E-state index contributed by atoms with van der Waals surface area (Å²) < 4.78 is 23.1. The number of ether oxygens (including phenoxy) is 1. The Bertz CT molecular complexity index is 1150. The third-order valence-corrected chi connectivity index (χ3v) is 11.0. The standard InChI is InChI=1S/C31H44ClFN6O3/c32-20-5-6-25-26(16-20)42-30-27-22(29(40)23(19-39(25)27)31(41)35-8-11-36-9-1-2-10-36)17-24(33)28(30)38-14-12-37(13-15-38)18-21-4-3-7-34-21/h3-4,7,19-20,22,24-28,30,34H,1-2,5-6,8-18H2,(H,35,41). The summed E-state index contributed by atoms with van der Waals surface area (Å²) >= 11 is 6.62. The van der Waals surface area contributed by atoms with Crippen molar-refractivity contribution in [2.45, 2.75) is 87.0 Å². The molecule has 230 valence electrons. The molecule has 5 heterocycles. The number of hydrogen-bond donors (Lipinski definition) is 2. The highest BCUT2D eigenvalue weighted by atomic mass is 35.5. The van der Waals surface area contributed by atoms with Gasteiger partial charge in [0.25, 0.3) is 5.91 Å². The van der Waals surface area contributed by atoms with E-state index in [4.69, 9.17) is 16.3 Å². The lowest BCUT2D eigenvalue weighted by molar-refractivity contribution is -0.212. The first-order valence-electron chi connectivity index (χ1n) is 16.0. The summed E-state index contributed by atoms with van der Waals surface area (Å²) in [5.41, 5.74) is 1.36. The Morgan fingerprint density at radius 1 is 1.07 bits per heavy atom. The van der Waals surface area contributed by atoms with Crippen LogP contribution in [0, 0.1) is 5.92 Å². The summed E-state index contributed by atoms with van der Waals surface area (Å²) in [6, 6.07) is 3.46. The number of Topliss-reactive ketones (excluding diaryl/α,β-unsaturated/α-hetero) is 1. The van der Waals surface area contributed by atoms with Gasteiger partial charge in [-0.05, 0) is 63.7 Å². The molecule has 3 saturated heterocycles. The van der Waals surface area contributed by atoms with Crippen molar-refractivity contribution >= 4 is 23.3 Å². The van der Waals surface area contributed by atoms with Crippen LogP contribution >= 0.6 is 11.6 Å². The molecule has 11 heteroatoms. The van der Waals surface area contributed by atoms with Crippen molar-refractivity contribution in [3.05, 3.63) is 35.8 Å². The van der Waals surface area contributed by atoms with Crippen LogP contribution in [0.25, 0.3) is 0 Å². The minimum Gasteiger partial charge on any atom is -0.369 e. The zero-order chi connectivity index (χ0) is 28.8. The molecule has 5 fully saturated rings. The van der Waals surface area contributed by atoms with Gasteiger partial charge in [0.05, 0.1) is 35.9 Å². The number of fused-ring (bicyclic) bond motifs is 2. The molecule has 9 nitrogen and oxygen atoms in total. The predicted octanol–water partition coefficient (Wildman–Crippen LogP) is 2.14. The quantitative estimate of drug-likeness (QED) is 0.365. The van der Waals surface area contributed by atoms with E-state index in [0.717, 1.165) is 65.2 Å². The molecular weight excluding hydrogens is 559 g/mol. The molecule has 2 saturated carbocycles. The van der Waals surface area contributed by atoms with Crippen molar-refractivity contribution in [2.75, 3.05) is 52.4 Å². The molecule has 4 aliphatic heterocycles. The van der Waals surface area contributed by atoms with Gasteiger partial charge in [-0.15, -0.1) is 11.6 Å². The van der Waals surface area contributed by atoms with E-state index in [0.29, 0.717) is 13.0 Å². The first-order chi connectivity index (χ1) is 20.5. The van der Waals surface area contributed by atoms with E-state index < -0.39 is 24.2 Å². The van der Waals surface area contributed by atoms with E-state index in [-0.39, 0.29) is 47.2 Å². The normalized spacial score (nSPS) is 37.7. The molecule has 0 radical (unpaired) electrons. The van der Waals surface area contributed by atoms with Gasteiger partial charge in [0.2, 0.25) is 0 Å². The second kappa shape index (κ2) is 12.2. The number of carbonyl (C=O) groups is 2. The number of morpholine rings is 1. The third kappa shape index (κ3) is 5.54. The van der Waals surface area contributed by atoms with Gasteiger partial charge < -0.3 is 24.8 Å². The number of H-pyrrole nitrogens is 1. The Morgan fingerprint density at radius 2 is 1.88 bits per heavy atom. The van der Waals surface area contributed by atoms with E-state index in [1.54, 1.807) is 6.20 Å². The van der Waals surface area contributed by atoms with Crippen LogP contribution < -0.4 is 5.32 Å². The number of piperazine rings is 1. The van der Waals surface area contributed by atoms with E-state index in [1.807, 2.05) is 12.3 Å². The number of halogens is 2. The van der Waals surface area contributed by atoms with E-state index >= 15 is 4.39 Å².